The SMILES string of the molecule is CC/C=C\C/C=C\C/C=C\C/C=C\C/C=C\C/C=C\CCCCCCCCCCC(=O)OC(COC(=O)CCCCCCCCCCCCCCCCCCCCCCCCCC/C=C\C/C=C\C/C=C\C/C=C\CC)COC(OCC[N+](C)(C)C)C(=O)O. The second-order valence-corrected chi connectivity index (χ2v) is 25.5. The maximum absolute atomic E-state index is 12.9. The number of carboxylic acid groups (broad SMARTS) is 1. The summed E-state index contributed by atoms with van der Waals surface area (Å²) in [5.74, 6) is -2.01. The number of nitrogens with zero attached hydrogens (tertiary/aromatic N) is 1. The zero-order valence-corrected chi connectivity index (χ0v) is 58.3. The molecule has 2 unspecified atom stereocenters. The Bertz CT molecular complexity index is 1880. The Morgan fingerprint density at radius 3 is 0.899 bits per heavy atom. The summed E-state index contributed by atoms with van der Waals surface area (Å²) in [5.41, 5.74) is 0. The third-order valence-electron chi connectivity index (χ3n) is 15.7. The van der Waals surface area contributed by atoms with Crippen LogP contribution < -0.4 is 0 Å². The van der Waals surface area contributed by atoms with Crippen LogP contribution in [-0.4, -0.2) is 87.4 Å². The lowest BCUT2D eigenvalue weighted by Crippen LogP contribution is -2.40. The quantitative estimate of drug-likeness (QED) is 0.0211. The molecule has 0 fully saturated rings. The molecule has 0 aromatic carbocycles. The topological polar surface area (TPSA) is 108 Å². The van der Waals surface area contributed by atoms with Crippen LogP contribution in [0.5, 0.6) is 0 Å². The molecule has 9 nitrogen and oxygen atoms in total. The van der Waals surface area contributed by atoms with Crippen LogP contribution in [0, 0.1) is 0 Å². The first kappa shape index (κ1) is 84.7. The van der Waals surface area contributed by atoms with E-state index in [1.54, 1.807) is 0 Å². The second kappa shape index (κ2) is 69.6. The fourth-order valence-electron chi connectivity index (χ4n) is 10.2. The minimum Gasteiger partial charge on any atom is -0.477 e. The molecule has 0 bridgehead atoms. The molecule has 0 aromatic heterocycles. The number of allylic oxidation sites excluding steroid dienone is 20. The van der Waals surface area contributed by atoms with Crippen molar-refractivity contribution in [2.24, 2.45) is 0 Å². The van der Waals surface area contributed by atoms with Crippen molar-refractivity contribution in [3.05, 3.63) is 122 Å². The van der Waals surface area contributed by atoms with Crippen LogP contribution in [0.1, 0.15) is 309 Å². The average molecular weight is 1240 g/mol. The third-order valence-corrected chi connectivity index (χ3v) is 15.7. The standard InChI is InChI=1S/C80H137NO8/c1-6-8-10-12-14-16-18-20-22-24-26-28-30-32-34-35-36-37-38-39-40-41-42-43-45-46-48-50-52-54-56-58-60-62-64-66-68-70-77(82)87-74-76(75-88-80(79(84)85)86-73-72-81(3,4)5)89-78(83)71-69-67-65-63-61-59-57-55-53-51-49-47-44-33-31-29-27-25-23-21-19-17-15-13-11-9-7-2/h8-11,14-17,20-23,26-29,33,44,49,51,76,80H,6-7,12-13,18-19,24-25,30-32,34-43,45-48,50,52-75H2,1-5H3/p+1/b10-8-,11-9-,16-14-,17-15-,22-20-,23-21-,28-26-,29-27-,44-33-,51-49-. The molecule has 0 aliphatic rings. The number of hydrogen-bond acceptors (Lipinski definition) is 7. The summed E-state index contributed by atoms with van der Waals surface area (Å²) in [4.78, 5) is 37.7. The zero-order chi connectivity index (χ0) is 64.7. The van der Waals surface area contributed by atoms with E-state index in [0.717, 1.165) is 109 Å². The van der Waals surface area contributed by atoms with Gasteiger partial charge >= 0.3 is 17.9 Å². The summed E-state index contributed by atoms with van der Waals surface area (Å²) in [5, 5.41) is 9.76. The predicted molar refractivity (Wildman–Crippen MR) is 382 cm³/mol. The van der Waals surface area contributed by atoms with E-state index in [1.807, 2.05) is 21.1 Å². The number of carbonyl (C=O) groups is 3. The number of rotatable bonds is 67. The predicted octanol–water partition coefficient (Wildman–Crippen LogP) is 23.1. The number of esters is 2. The van der Waals surface area contributed by atoms with E-state index in [2.05, 4.69) is 135 Å². The Kier molecular flexibility index (Phi) is 66.2. The van der Waals surface area contributed by atoms with Crippen LogP contribution in [-0.2, 0) is 33.3 Å². The van der Waals surface area contributed by atoms with Gasteiger partial charge in [-0.3, -0.25) is 9.59 Å². The Morgan fingerprint density at radius 1 is 0.337 bits per heavy atom. The maximum Gasteiger partial charge on any atom is 0.361 e. The van der Waals surface area contributed by atoms with Crippen LogP contribution in [0.2, 0.25) is 0 Å². The number of quaternary nitrogens is 1. The van der Waals surface area contributed by atoms with Crippen molar-refractivity contribution in [1.82, 2.24) is 0 Å². The highest BCUT2D eigenvalue weighted by Gasteiger charge is 2.25. The van der Waals surface area contributed by atoms with Crippen molar-refractivity contribution in [2.45, 2.75) is 322 Å². The molecule has 0 spiro atoms. The first-order valence-electron chi connectivity index (χ1n) is 36.7. The molecule has 510 valence electrons. The average Bonchev–Trinajstić information content (AvgIpc) is 3.64. The van der Waals surface area contributed by atoms with Crippen LogP contribution in [0.15, 0.2) is 122 Å². The van der Waals surface area contributed by atoms with Crippen LogP contribution in [0.3, 0.4) is 0 Å². The summed E-state index contributed by atoms with van der Waals surface area (Å²) in [6, 6.07) is 0. The zero-order valence-electron chi connectivity index (χ0n) is 58.3. The van der Waals surface area contributed by atoms with Gasteiger partial charge in [0, 0.05) is 12.8 Å². The van der Waals surface area contributed by atoms with Gasteiger partial charge in [-0.05, 0) is 103 Å². The van der Waals surface area contributed by atoms with Crippen LogP contribution in [0.25, 0.3) is 0 Å². The fourth-order valence-corrected chi connectivity index (χ4v) is 10.2. The molecule has 0 rings (SSSR count). The van der Waals surface area contributed by atoms with Gasteiger partial charge in [-0.15, -0.1) is 0 Å². The van der Waals surface area contributed by atoms with Gasteiger partial charge in [0.25, 0.3) is 6.29 Å². The van der Waals surface area contributed by atoms with E-state index < -0.39 is 24.3 Å². The second-order valence-electron chi connectivity index (χ2n) is 25.5. The van der Waals surface area contributed by atoms with Gasteiger partial charge in [0.2, 0.25) is 0 Å². The summed E-state index contributed by atoms with van der Waals surface area (Å²) < 4.78 is 23.0. The Labute approximate surface area is 548 Å². The van der Waals surface area contributed by atoms with Crippen molar-refractivity contribution >= 4 is 17.9 Å². The molecule has 0 saturated carbocycles. The molecule has 0 aliphatic heterocycles. The molecule has 0 amide bonds. The van der Waals surface area contributed by atoms with Gasteiger partial charge in [0.15, 0.2) is 6.10 Å². The number of hydrogen-bond donors (Lipinski definition) is 1. The van der Waals surface area contributed by atoms with Gasteiger partial charge in [-0.2, -0.15) is 0 Å². The van der Waals surface area contributed by atoms with Gasteiger partial charge in [-0.1, -0.05) is 315 Å². The lowest BCUT2D eigenvalue weighted by molar-refractivity contribution is -0.870. The van der Waals surface area contributed by atoms with E-state index in [9.17, 15) is 19.5 Å². The normalized spacial score (nSPS) is 13.4. The molecule has 0 aromatic rings. The molecule has 0 heterocycles. The van der Waals surface area contributed by atoms with Crippen LogP contribution in [0.4, 0.5) is 0 Å². The van der Waals surface area contributed by atoms with E-state index >= 15 is 0 Å². The summed E-state index contributed by atoms with van der Waals surface area (Å²) in [6.45, 7) is 4.66. The molecule has 2 atom stereocenters. The monoisotopic (exact) mass is 1240 g/mol. The Morgan fingerprint density at radius 2 is 0.607 bits per heavy atom. The lowest BCUT2D eigenvalue weighted by atomic mass is 10.0. The minimum absolute atomic E-state index is 0.182. The maximum atomic E-state index is 12.9. The first-order valence-corrected chi connectivity index (χ1v) is 36.7. The van der Waals surface area contributed by atoms with Crippen molar-refractivity contribution in [3.63, 3.8) is 0 Å². The Balaban J connectivity index is 4.06. The summed E-state index contributed by atoms with van der Waals surface area (Å²) in [6.07, 6.45) is 96.1. The highest BCUT2D eigenvalue weighted by molar-refractivity contribution is 5.71. The molecule has 0 radical (unpaired) electrons. The number of unbranched alkanes of at least 4 members (excludes halogenated alkanes) is 32. The Hall–Kier alpha value is -4.31. The van der Waals surface area contributed by atoms with Crippen molar-refractivity contribution in [2.75, 3.05) is 47.5 Å². The first-order chi connectivity index (χ1) is 43.6. The number of aliphatic carboxylic acids is 1. The van der Waals surface area contributed by atoms with Gasteiger partial charge < -0.3 is 28.5 Å². The van der Waals surface area contributed by atoms with Crippen molar-refractivity contribution in [1.29, 1.82) is 0 Å². The highest BCUT2D eigenvalue weighted by atomic mass is 16.7. The molecule has 0 aliphatic carbocycles. The van der Waals surface area contributed by atoms with Gasteiger partial charge in [-0.25, -0.2) is 4.79 Å². The van der Waals surface area contributed by atoms with Crippen molar-refractivity contribution < 1.29 is 42.9 Å². The number of carboxylic acids is 1. The van der Waals surface area contributed by atoms with E-state index in [4.69, 9.17) is 18.9 Å². The van der Waals surface area contributed by atoms with E-state index in [-0.39, 0.29) is 32.2 Å². The van der Waals surface area contributed by atoms with Crippen molar-refractivity contribution in [3.8, 4) is 0 Å². The molecule has 1 N–H and O–H groups in total. The summed E-state index contributed by atoms with van der Waals surface area (Å²) in [7, 11) is 5.98. The molecular weight excluding hydrogens is 1100 g/mol. The minimum atomic E-state index is -1.52. The third kappa shape index (κ3) is 71.0. The van der Waals surface area contributed by atoms with E-state index in [0.29, 0.717) is 23.9 Å². The molecular formula is C80H138NO8+. The smallest absolute Gasteiger partial charge is 0.361 e. The number of likely N-dealkylation sites (N-methyl/N-ethyl adjacent to an activating group) is 1. The summed E-state index contributed by atoms with van der Waals surface area (Å²) >= 11 is 0. The van der Waals surface area contributed by atoms with Gasteiger partial charge in [0.1, 0.15) is 13.2 Å². The number of ether oxygens (including phenoxy) is 4. The molecule has 9 heteroatoms. The highest BCUT2D eigenvalue weighted by Crippen LogP contribution is 2.18. The largest absolute Gasteiger partial charge is 0.477 e. The van der Waals surface area contributed by atoms with Gasteiger partial charge in [0.05, 0.1) is 34.4 Å². The lowest BCUT2D eigenvalue weighted by Gasteiger charge is -2.25. The van der Waals surface area contributed by atoms with Crippen LogP contribution >= 0.6 is 0 Å². The molecule has 89 heavy (non-hydrogen) atoms. The van der Waals surface area contributed by atoms with E-state index in [1.165, 1.54) is 167 Å². The number of carbonyl (C=O) groups excluding carboxylic acids is 2. The molecule has 0 saturated heterocycles. The fraction of sp³-hybridized carbons (Fsp3) is 0.713.